The third kappa shape index (κ3) is 4.70. The van der Waals surface area contributed by atoms with Gasteiger partial charge in [0.1, 0.15) is 0 Å². The van der Waals surface area contributed by atoms with Gasteiger partial charge in [-0.15, -0.1) is 0 Å². The molecular formula is C17H24BrN3O2. The van der Waals surface area contributed by atoms with Gasteiger partial charge in [-0.1, -0.05) is 15.9 Å². The number of anilines is 1. The summed E-state index contributed by atoms with van der Waals surface area (Å²) in [5.74, 6) is 0.0791. The summed E-state index contributed by atoms with van der Waals surface area (Å²) < 4.78 is 0.971. The molecule has 0 aromatic heterocycles. The average Bonchev–Trinajstić information content (AvgIpc) is 2.58. The minimum atomic E-state index is -0.135. The molecule has 3 amide bonds. The Kier molecular flexibility index (Phi) is 6.45. The molecule has 126 valence electrons. The molecule has 0 spiro atoms. The van der Waals surface area contributed by atoms with Gasteiger partial charge in [-0.2, -0.15) is 0 Å². The summed E-state index contributed by atoms with van der Waals surface area (Å²) in [6, 6.07) is 7.34. The third-order valence-corrected chi connectivity index (χ3v) is 4.76. The summed E-state index contributed by atoms with van der Waals surface area (Å²) >= 11 is 3.37. The highest BCUT2D eigenvalue weighted by Gasteiger charge is 2.30. The fraction of sp³-hybridized carbons (Fsp3) is 0.529. The van der Waals surface area contributed by atoms with Crippen LogP contribution in [0.15, 0.2) is 28.7 Å². The van der Waals surface area contributed by atoms with Crippen LogP contribution >= 0.6 is 15.9 Å². The summed E-state index contributed by atoms with van der Waals surface area (Å²) in [5.41, 5.74) is 0.760. The molecular weight excluding hydrogens is 358 g/mol. The van der Waals surface area contributed by atoms with E-state index in [1.165, 1.54) is 0 Å². The van der Waals surface area contributed by atoms with Gasteiger partial charge in [-0.25, -0.2) is 4.79 Å². The molecule has 1 aromatic carbocycles. The topological polar surface area (TPSA) is 52.7 Å². The van der Waals surface area contributed by atoms with Crippen molar-refractivity contribution in [3.63, 3.8) is 0 Å². The molecule has 6 heteroatoms. The highest BCUT2D eigenvalue weighted by Crippen LogP contribution is 2.20. The number of piperidine rings is 1. The lowest BCUT2D eigenvalue weighted by Crippen LogP contribution is -2.47. The standard InChI is InChI=1S/C17H24BrN3O2/c1-3-20(4-2)16(22)13-6-5-11-21(12-13)17(23)19-15-9-7-14(18)8-10-15/h7-10,13H,3-6,11-12H2,1-2H3,(H,19,23). The van der Waals surface area contributed by atoms with Crippen LogP contribution in [0.25, 0.3) is 0 Å². The summed E-state index contributed by atoms with van der Waals surface area (Å²) in [4.78, 5) is 28.5. The largest absolute Gasteiger partial charge is 0.343 e. The maximum atomic E-state index is 12.5. The number of halogens is 1. The number of nitrogens with one attached hydrogen (secondary N) is 1. The van der Waals surface area contributed by atoms with Gasteiger partial charge >= 0.3 is 6.03 Å². The van der Waals surface area contributed by atoms with E-state index in [9.17, 15) is 9.59 Å². The van der Waals surface area contributed by atoms with E-state index in [0.29, 0.717) is 13.1 Å². The van der Waals surface area contributed by atoms with E-state index < -0.39 is 0 Å². The van der Waals surface area contributed by atoms with Crippen molar-refractivity contribution in [1.82, 2.24) is 9.80 Å². The first kappa shape index (κ1) is 17.8. The SMILES string of the molecule is CCN(CC)C(=O)C1CCCN(C(=O)Nc2ccc(Br)cc2)C1. The van der Waals surface area contributed by atoms with Gasteiger partial charge in [0.2, 0.25) is 5.91 Å². The van der Waals surface area contributed by atoms with Crippen molar-refractivity contribution in [1.29, 1.82) is 0 Å². The van der Waals surface area contributed by atoms with Crippen molar-refractivity contribution >= 4 is 33.6 Å². The number of carbonyl (C=O) groups excluding carboxylic acids is 2. The Bertz CT molecular complexity index is 543. The molecule has 0 radical (unpaired) electrons. The Morgan fingerprint density at radius 3 is 2.52 bits per heavy atom. The van der Waals surface area contributed by atoms with Crippen LogP contribution in [0.3, 0.4) is 0 Å². The van der Waals surface area contributed by atoms with Crippen LogP contribution in [0.5, 0.6) is 0 Å². The maximum Gasteiger partial charge on any atom is 0.321 e. The molecule has 5 nitrogen and oxygen atoms in total. The van der Waals surface area contributed by atoms with Crippen LogP contribution in [0, 0.1) is 5.92 Å². The lowest BCUT2D eigenvalue weighted by molar-refractivity contribution is -0.136. The Morgan fingerprint density at radius 2 is 1.91 bits per heavy atom. The first-order valence-corrected chi connectivity index (χ1v) is 8.94. The number of hydrogen-bond donors (Lipinski definition) is 1. The van der Waals surface area contributed by atoms with Gasteiger partial charge in [-0.3, -0.25) is 4.79 Å². The van der Waals surface area contributed by atoms with E-state index in [4.69, 9.17) is 0 Å². The molecule has 2 rings (SSSR count). The van der Waals surface area contributed by atoms with Gasteiger partial charge < -0.3 is 15.1 Å². The Balaban J connectivity index is 1.96. The predicted molar refractivity (Wildman–Crippen MR) is 95.4 cm³/mol. The zero-order valence-corrected chi connectivity index (χ0v) is 15.3. The highest BCUT2D eigenvalue weighted by atomic mass is 79.9. The Hall–Kier alpha value is -1.56. The minimum Gasteiger partial charge on any atom is -0.343 e. The zero-order chi connectivity index (χ0) is 16.8. The van der Waals surface area contributed by atoms with E-state index in [0.717, 1.165) is 36.1 Å². The minimum absolute atomic E-state index is 0.0840. The van der Waals surface area contributed by atoms with Crippen LogP contribution in [-0.4, -0.2) is 47.9 Å². The summed E-state index contributed by atoms with van der Waals surface area (Å²) in [6.45, 7) is 6.61. The summed E-state index contributed by atoms with van der Waals surface area (Å²) in [5, 5.41) is 2.90. The van der Waals surface area contributed by atoms with Gasteiger partial charge in [0.15, 0.2) is 0 Å². The second kappa shape index (κ2) is 8.34. The van der Waals surface area contributed by atoms with Crippen molar-refractivity contribution in [2.24, 2.45) is 5.92 Å². The molecule has 1 N–H and O–H groups in total. The number of urea groups is 1. The van der Waals surface area contributed by atoms with E-state index in [2.05, 4.69) is 21.2 Å². The Labute approximate surface area is 146 Å². The molecule has 1 unspecified atom stereocenters. The first-order chi connectivity index (χ1) is 11.0. The van der Waals surface area contributed by atoms with Crippen LogP contribution in [0.1, 0.15) is 26.7 Å². The second-order valence-electron chi connectivity index (χ2n) is 5.73. The van der Waals surface area contributed by atoms with Crippen molar-refractivity contribution in [3.05, 3.63) is 28.7 Å². The first-order valence-electron chi connectivity index (χ1n) is 8.15. The molecule has 1 heterocycles. The monoisotopic (exact) mass is 381 g/mol. The quantitative estimate of drug-likeness (QED) is 0.866. The lowest BCUT2D eigenvalue weighted by Gasteiger charge is -2.34. The van der Waals surface area contributed by atoms with E-state index in [1.54, 1.807) is 4.90 Å². The second-order valence-corrected chi connectivity index (χ2v) is 6.65. The lowest BCUT2D eigenvalue weighted by atomic mass is 9.96. The maximum absolute atomic E-state index is 12.5. The van der Waals surface area contributed by atoms with E-state index in [-0.39, 0.29) is 17.9 Å². The van der Waals surface area contributed by atoms with Gasteiger partial charge in [-0.05, 0) is 51.0 Å². The number of likely N-dealkylation sites (tertiary alicyclic amines) is 1. The van der Waals surface area contributed by atoms with Gasteiger partial charge in [0, 0.05) is 36.3 Å². The normalized spacial score (nSPS) is 17.7. The van der Waals surface area contributed by atoms with Crippen molar-refractivity contribution < 1.29 is 9.59 Å². The fourth-order valence-electron chi connectivity index (χ4n) is 2.89. The molecule has 1 fully saturated rings. The summed E-state index contributed by atoms with van der Waals surface area (Å²) in [6.07, 6.45) is 1.73. The zero-order valence-electron chi connectivity index (χ0n) is 13.7. The number of benzene rings is 1. The van der Waals surface area contributed by atoms with Crippen molar-refractivity contribution in [3.8, 4) is 0 Å². The fourth-order valence-corrected chi connectivity index (χ4v) is 3.16. The Morgan fingerprint density at radius 1 is 1.26 bits per heavy atom. The highest BCUT2D eigenvalue weighted by molar-refractivity contribution is 9.10. The molecule has 0 saturated carbocycles. The molecule has 1 saturated heterocycles. The number of carbonyl (C=O) groups is 2. The molecule has 0 bridgehead atoms. The number of hydrogen-bond acceptors (Lipinski definition) is 2. The average molecular weight is 382 g/mol. The molecule has 1 aliphatic heterocycles. The summed E-state index contributed by atoms with van der Waals surface area (Å²) in [7, 11) is 0. The number of rotatable bonds is 4. The van der Waals surface area contributed by atoms with Gasteiger partial charge in [0.25, 0.3) is 0 Å². The van der Waals surface area contributed by atoms with Crippen LogP contribution in [0.4, 0.5) is 10.5 Å². The molecule has 1 atom stereocenters. The van der Waals surface area contributed by atoms with E-state index in [1.807, 2.05) is 43.0 Å². The van der Waals surface area contributed by atoms with E-state index >= 15 is 0 Å². The molecule has 0 aliphatic carbocycles. The number of amides is 3. The predicted octanol–water partition coefficient (Wildman–Crippen LogP) is 3.56. The smallest absolute Gasteiger partial charge is 0.321 e. The third-order valence-electron chi connectivity index (χ3n) is 4.23. The van der Waals surface area contributed by atoms with Crippen molar-refractivity contribution in [2.75, 3.05) is 31.5 Å². The van der Waals surface area contributed by atoms with Crippen LogP contribution < -0.4 is 5.32 Å². The van der Waals surface area contributed by atoms with Gasteiger partial charge in [0.05, 0.1) is 5.92 Å². The molecule has 1 aliphatic rings. The van der Waals surface area contributed by atoms with Crippen LogP contribution in [-0.2, 0) is 4.79 Å². The number of nitrogens with zero attached hydrogens (tertiary/aromatic N) is 2. The molecule has 1 aromatic rings. The van der Waals surface area contributed by atoms with Crippen molar-refractivity contribution in [2.45, 2.75) is 26.7 Å². The van der Waals surface area contributed by atoms with Crippen LogP contribution in [0.2, 0.25) is 0 Å². The molecule has 23 heavy (non-hydrogen) atoms.